The van der Waals surface area contributed by atoms with Gasteiger partial charge in [0.1, 0.15) is 0 Å². The van der Waals surface area contributed by atoms with Gasteiger partial charge in [-0.3, -0.25) is 0 Å². The molecule has 0 bridgehead atoms. The predicted octanol–water partition coefficient (Wildman–Crippen LogP) is 2.99. The van der Waals surface area contributed by atoms with Crippen molar-refractivity contribution in [1.29, 1.82) is 0 Å². The first-order chi connectivity index (χ1) is 8.02. The second-order valence-corrected chi connectivity index (χ2v) is 5.24. The fourth-order valence-electron chi connectivity index (χ4n) is 2.73. The molecule has 2 rings (SSSR count). The number of hydrogen-bond donors (Lipinski definition) is 1. The van der Waals surface area contributed by atoms with Crippen LogP contribution in [0.5, 0.6) is 0 Å². The highest BCUT2D eigenvalue weighted by Gasteiger charge is 2.28. The molecule has 2 nitrogen and oxygen atoms in total. The topological polar surface area (TPSA) is 29.5 Å². The molecular weight excluding hydrogens is 212 g/mol. The average molecular weight is 234 g/mol. The van der Waals surface area contributed by atoms with Gasteiger partial charge in [0.25, 0.3) is 0 Å². The molecule has 1 heterocycles. The fourth-order valence-corrected chi connectivity index (χ4v) is 2.73. The van der Waals surface area contributed by atoms with E-state index in [4.69, 9.17) is 4.74 Å². The molecule has 0 radical (unpaired) electrons. The molecule has 1 aromatic rings. The van der Waals surface area contributed by atoms with Gasteiger partial charge in [0.15, 0.2) is 0 Å². The van der Waals surface area contributed by atoms with E-state index in [1.165, 1.54) is 22.3 Å². The van der Waals surface area contributed by atoms with Crippen LogP contribution in [0.2, 0.25) is 0 Å². The molecule has 1 aromatic carbocycles. The maximum atomic E-state index is 10.6. The van der Waals surface area contributed by atoms with Crippen LogP contribution in [-0.4, -0.2) is 18.3 Å². The quantitative estimate of drug-likeness (QED) is 0.852. The van der Waals surface area contributed by atoms with Gasteiger partial charge in [0, 0.05) is 12.5 Å². The van der Waals surface area contributed by atoms with Crippen molar-refractivity contribution in [1.82, 2.24) is 0 Å². The van der Waals surface area contributed by atoms with E-state index in [2.05, 4.69) is 33.8 Å². The minimum absolute atomic E-state index is 0.258. The Balaban J connectivity index is 2.42. The Hall–Kier alpha value is -0.860. The van der Waals surface area contributed by atoms with E-state index in [1.54, 1.807) is 0 Å². The molecule has 0 amide bonds. The zero-order valence-corrected chi connectivity index (χ0v) is 11.2. The minimum Gasteiger partial charge on any atom is -0.388 e. The van der Waals surface area contributed by atoms with Gasteiger partial charge in [-0.25, -0.2) is 0 Å². The van der Waals surface area contributed by atoms with Gasteiger partial charge in [-0.1, -0.05) is 6.07 Å². The van der Waals surface area contributed by atoms with Crippen molar-refractivity contribution in [2.24, 2.45) is 5.92 Å². The summed E-state index contributed by atoms with van der Waals surface area (Å²) in [5, 5.41) is 10.6. The smallest absolute Gasteiger partial charge is 0.0846 e. The van der Waals surface area contributed by atoms with Crippen molar-refractivity contribution >= 4 is 0 Å². The standard InChI is InChI=1S/C15H22O2/c1-9-7-10(2)12(4)14(11(9)3)15(16)13-5-6-17-8-13/h7,13,15-16H,5-6,8H2,1-4H3. The summed E-state index contributed by atoms with van der Waals surface area (Å²) in [6.07, 6.45) is 0.587. The number of aliphatic hydroxyl groups excluding tert-OH is 1. The van der Waals surface area contributed by atoms with Gasteiger partial charge in [-0.2, -0.15) is 0 Å². The number of benzene rings is 1. The summed E-state index contributed by atoms with van der Waals surface area (Å²) in [5.74, 6) is 0.258. The van der Waals surface area contributed by atoms with Gasteiger partial charge >= 0.3 is 0 Å². The Morgan fingerprint density at radius 2 is 1.76 bits per heavy atom. The molecule has 1 aliphatic heterocycles. The summed E-state index contributed by atoms with van der Waals surface area (Å²) in [7, 11) is 0. The SMILES string of the molecule is Cc1cc(C)c(C)c(C(O)C2CCOC2)c1C. The van der Waals surface area contributed by atoms with Gasteiger partial charge in [-0.15, -0.1) is 0 Å². The van der Waals surface area contributed by atoms with Crippen LogP contribution < -0.4 is 0 Å². The number of aliphatic hydroxyl groups is 1. The first kappa shape index (κ1) is 12.6. The third-order valence-corrected chi connectivity index (χ3v) is 4.13. The highest BCUT2D eigenvalue weighted by atomic mass is 16.5. The van der Waals surface area contributed by atoms with E-state index >= 15 is 0 Å². The number of ether oxygens (including phenoxy) is 1. The normalized spacial score (nSPS) is 21.8. The third kappa shape index (κ3) is 2.24. The van der Waals surface area contributed by atoms with Gasteiger partial charge in [0.05, 0.1) is 12.7 Å². The second-order valence-electron chi connectivity index (χ2n) is 5.24. The van der Waals surface area contributed by atoms with Crippen molar-refractivity contribution < 1.29 is 9.84 Å². The Labute approximate surface area is 104 Å². The molecule has 1 N–H and O–H groups in total. The molecule has 2 unspecified atom stereocenters. The van der Waals surface area contributed by atoms with E-state index in [0.29, 0.717) is 6.61 Å². The molecule has 0 aromatic heterocycles. The van der Waals surface area contributed by atoms with Crippen molar-refractivity contribution in [2.45, 2.75) is 40.2 Å². The van der Waals surface area contributed by atoms with Crippen LogP contribution >= 0.6 is 0 Å². The maximum absolute atomic E-state index is 10.6. The molecule has 0 saturated carbocycles. The predicted molar refractivity (Wildman–Crippen MR) is 69.3 cm³/mol. The molecule has 94 valence electrons. The molecule has 0 spiro atoms. The van der Waals surface area contributed by atoms with Gasteiger partial charge < -0.3 is 9.84 Å². The van der Waals surface area contributed by atoms with Crippen LogP contribution in [0.4, 0.5) is 0 Å². The fraction of sp³-hybridized carbons (Fsp3) is 0.600. The lowest BCUT2D eigenvalue weighted by Gasteiger charge is -2.23. The van der Waals surface area contributed by atoms with Gasteiger partial charge in [-0.05, 0) is 61.9 Å². The lowest BCUT2D eigenvalue weighted by molar-refractivity contribution is 0.0907. The first-order valence-corrected chi connectivity index (χ1v) is 6.35. The highest BCUT2D eigenvalue weighted by Crippen LogP contribution is 2.34. The van der Waals surface area contributed by atoms with Crippen LogP contribution in [0.15, 0.2) is 6.07 Å². The number of rotatable bonds is 2. The van der Waals surface area contributed by atoms with Crippen LogP contribution in [0.3, 0.4) is 0 Å². The van der Waals surface area contributed by atoms with Crippen molar-refractivity contribution in [3.63, 3.8) is 0 Å². The van der Waals surface area contributed by atoms with E-state index in [9.17, 15) is 5.11 Å². The summed E-state index contributed by atoms with van der Waals surface area (Å²) in [6.45, 7) is 9.91. The zero-order valence-electron chi connectivity index (χ0n) is 11.2. The Kier molecular flexibility index (Phi) is 3.55. The molecule has 2 heteroatoms. The van der Waals surface area contributed by atoms with Crippen LogP contribution in [0, 0.1) is 33.6 Å². The summed E-state index contributed by atoms with van der Waals surface area (Å²) < 4.78 is 5.38. The van der Waals surface area contributed by atoms with E-state index in [1.807, 2.05) is 0 Å². The molecule has 1 fully saturated rings. The lowest BCUT2D eigenvalue weighted by atomic mass is 9.85. The van der Waals surface area contributed by atoms with Crippen molar-refractivity contribution in [3.8, 4) is 0 Å². The van der Waals surface area contributed by atoms with Crippen LogP contribution in [0.1, 0.15) is 40.3 Å². The highest BCUT2D eigenvalue weighted by molar-refractivity contribution is 5.45. The van der Waals surface area contributed by atoms with E-state index in [0.717, 1.165) is 18.6 Å². The Bertz CT molecular complexity index is 391. The zero-order chi connectivity index (χ0) is 12.6. The molecule has 0 aliphatic carbocycles. The molecule has 2 atom stereocenters. The Morgan fingerprint density at radius 1 is 1.18 bits per heavy atom. The lowest BCUT2D eigenvalue weighted by Crippen LogP contribution is -2.16. The molecular formula is C15H22O2. The molecule has 1 saturated heterocycles. The summed E-state index contributed by atoms with van der Waals surface area (Å²) in [6, 6.07) is 2.20. The van der Waals surface area contributed by atoms with E-state index < -0.39 is 0 Å². The van der Waals surface area contributed by atoms with Gasteiger partial charge in [0.2, 0.25) is 0 Å². The minimum atomic E-state index is -0.379. The first-order valence-electron chi connectivity index (χ1n) is 6.35. The van der Waals surface area contributed by atoms with Crippen molar-refractivity contribution in [3.05, 3.63) is 33.9 Å². The average Bonchev–Trinajstić information content (AvgIpc) is 2.80. The largest absolute Gasteiger partial charge is 0.388 e. The van der Waals surface area contributed by atoms with Crippen LogP contribution in [0.25, 0.3) is 0 Å². The van der Waals surface area contributed by atoms with E-state index in [-0.39, 0.29) is 12.0 Å². The number of hydrogen-bond acceptors (Lipinski definition) is 2. The van der Waals surface area contributed by atoms with Crippen molar-refractivity contribution in [2.75, 3.05) is 13.2 Å². The third-order valence-electron chi connectivity index (χ3n) is 4.13. The summed E-state index contributed by atoms with van der Waals surface area (Å²) in [4.78, 5) is 0. The van der Waals surface area contributed by atoms with Crippen LogP contribution in [-0.2, 0) is 4.74 Å². The summed E-state index contributed by atoms with van der Waals surface area (Å²) in [5.41, 5.74) is 6.11. The summed E-state index contributed by atoms with van der Waals surface area (Å²) >= 11 is 0. The number of aryl methyl sites for hydroxylation is 2. The Morgan fingerprint density at radius 3 is 2.24 bits per heavy atom. The maximum Gasteiger partial charge on any atom is 0.0846 e. The molecule has 17 heavy (non-hydrogen) atoms. The second kappa shape index (κ2) is 4.79. The monoisotopic (exact) mass is 234 g/mol. The molecule has 1 aliphatic rings.